The lowest BCUT2D eigenvalue weighted by Crippen LogP contribution is -2.31. The van der Waals surface area contributed by atoms with Gasteiger partial charge in [0, 0.05) is 0 Å². The van der Waals surface area contributed by atoms with Crippen LogP contribution in [0.2, 0.25) is 0 Å². The molecule has 0 aliphatic carbocycles. The molecule has 1 aromatic heterocycles. The first-order valence-corrected chi connectivity index (χ1v) is 10.3. The molecule has 1 aliphatic rings. The van der Waals surface area contributed by atoms with Crippen molar-refractivity contribution < 1.29 is 27.2 Å². The Morgan fingerprint density at radius 3 is 2.35 bits per heavy atom. The normalized spacial score (nSPS) is 14.6. The molecule has 4 nitrogen and oxygen atoms in total. The van der Waals surface area contributed by atoms with Crippen LogP contribution in [0, 0.1) is 0 Å². The van der Waals surface area contributed by atoms with E-state index >= 15 is 0 Å². The highest BCUT2D eigenvalue weighted by atomic mass is 32.2. The summed E-state index contributed by atoms with van der Waals surface area (Å²) in [6.45, 7) is -0.247. The van der Waals surface area contributed by atoms with Crippen LogP contribution in [-0.4, -0.2) is 16.7 Å². The number of imide groups is 1. The Hall–Kier alpha value is -3.26. The lowest BCUT2D eigenvalue weighted by Gasteiger charge is -2.16. The topological polar surface area (TPSA) is 50.5 Å². The third-order valence-electron chi connectivity index (χ3n) is 4.72. The van der Waals surface area contributed by atoms with E-state index in [9.17, 15) is 22.8 Å². The molecule has 4 rings (SSSR count). The number of amides is 2. The van der Waals surface area contributed by atoms with Crippen LogP contribution in [0.5, 0.6) is 0 Å². The maximum atomic E-state index is 13.2. The zero-order valence-corrected chi connectivity index (χ0v) is 16.9. The summed E-state index contributed by atoms with van der Waals surface area (Å²) in [5, 5.41) is 0. The van der Waals surface area contributed by atoms with Crippen molar-refractivity contribution in [2.24, 2.45) is 0 Å². The van der Waals surface area contributed by atoms with Gasteiger partial charge in [0.1, 0.15) is 5.76 Å². The van der Waals surface area contributed by atoms with Crippen molar-refractivity contribution in [3.8, 4) is 0 Å². The van der Waals surface area contributed by atoms with Crippen molar-refractivity contribution in [2.45, 2.75) is 18.5 Å². The largest absolute Gasteiger partial charge is 0.468 e. The van der Waals surface area contributed by atoms with Gasteiger partial charge in [-0.3, -0.25) is 14.5 Å². The zero-order chi connectivity index (χ0) is 22.0. The first kappa shape index (κ1) is 21.0. The highest BCUT2D eigenvalue weighted by Crippen LogP contribution is 2.38. The van der Waals surface area contributed by atoms with Crippen molar-refractivity contribution in [1.82, 2.24) is 4.90 Å². The Morgan fingerprint density at radius 1 is 0.903 bits per heavy atom. The van der Waals surface area contributed by atoms with Crippen LogP contribution < -0.4 is 0 Å². The van der Waals surface area contributed by atoms with Gasteiger partial charge >= 0.3 is 6.18 Å². The van der Waals surface area contributed by atoms with Gasteiger partial charge in [-0.1, -0.05) is 42.5 Å². The second-order valence-corrected chi connectivity index (χ2v) is 7.82. The van der Waals surface area contributed by atoms with Gasteiger partial charge in [-0.05, 0) is 35.4 Å². The highest BCUT2D eigenvalue weighted by molar-refractivity contribution is 8.03. The number of nitrogens with zero attached hydrogens (tertiary/aromatic N) is 1. The lowest BCUT2D eigenvalue weighted by atomic mass is 10.1. The molecular formula is C23H16F3NO3S. The molecule has 0 N–H and O–H groups in total. The predicted octanol–water partition coefficient (Wildman–Crippen LogP) is 5.51. The van der Waals surface area contributed by atoms with Crippen molar-refractivity contribution in [1.29, 1.82) is 0 Å². The summed E-state index contributed by atoms with van der Waals surface area (Å²) in [7, 11) is 0. The van der Waals surface area contributed by atoms with Crippen LogP contribution in [0.3, 0.4) is 0 Å². The minimum absolute atomic E-state index is 0.223. The summed E-state index contributed by atoms with van der Waals surface area (Å²) in [6, 6.07) is 16.9. The van der Waals surface area contributed by atoms with Gasteiger partial charge in [0.25, 0.3) is 11.8 Å². The molecule has 0 bridgehead atoms. The van der Waals surface area contributed by atoms with E-state index in [1.165, 1.54) is 30.2 Å². The van der Waals surface area contributed by atoms with E-state index in [1.54, 1.807) is 42.5 Å². The second kappa shape index (κ2) is 8.47. The van der Waals surface area contributed by atoms with Crippen LogP contribution in [0.1, 0.15) is 22.5 Å². The molecule has 0 fully saturated rings. The average molecular weight is 443 g/mol. The van der Waals surface area contributed by atoms with E-state index in [2.05, 4.69) is 0 Å². The van der Waals surface area contributed by atoms with E-state index < -0.39 is 23.6 Å². The van der Waals surface area contributed by atoms with Crippen LogP contribution in [0.4, 0.5) is 13.2 Å². The van der Waals surface area contributed by atoms with Crippen molar-refractivity contribution >= 4 is 29.1 Å². The number of benzene rings is 2. The number of carbonyl (C=O) groups excluding carboxylic acids is 2. The molecule has 0 saturated carbocycles. The van der Waals surface area contributed by atoms with Crippen molar-refractivity contribution in [2.75, 3.05) is 0 Å². The molecule has 2 heterocycles. The number of rotatable bonds is 6. The second-order valence-electron chi connectivity index (χ2n) is 6.83. The SMILES string of the molecule is O=C1C(SCc2ccco2)=C(c2ccccc2)C(=O)N1Cc1cccc(C(F)(F)F)c1. The predicted molar refractivity (Wildman–Crippen MR) is 110 cm³/mol. The number of furan rings is 1. The Labute approximate surface area is 180 Å². The third-order valence-corrected chi connectivity index (χ3v) is 5.82. The zero-order valence-electron chi connectivity index (χ0n) is 16.1. The molecule has 2 aromatic carbocycles. The minimum Gasteiger partial charge on any atom is -0.468 e. The van der Waals surface area contributed by atoms with Crippen molar-refractivity contribution in [3.05, 3.63) is 100 Å². The smallest absolute Gasteiger partial charge is 0.416 e. The molecule has 3 aromatic rings. The van der Waals surface area contributed by atoms with Gasteiger partial charge in [0.15, 0.2) is 0 Å². The number of carbonyl (C=O) groups is 2. The summed E-state index contributed by atoms with van der Waals surface area (Å²) < 4.78 is 44.4. The van der Waals surface area contributed by atoms with E-state index in [1.807, 2.05) is 0 Å². The summed E-state index contributed by atoms with van der Waals surface area (Å²) in [5.41, 5.74) is 0.220. The number of halogens is 3. The molecule has 0 atom stereocenters. The van der Waals surface area contributed by atoms with Crippen LogP contribution in [-0.2, 0) is 28.1 Å². The molecule has 0 spiro atoms. The molecule has 158 valence electrons. The molecule has 8 heteroatoms. The Balaban J connectivity index is 1.65. The summed E-state index contributed by atoms with van der Waals surface area (Å²) in [6.07, 6.45) is -2.99. The van der Waals surface area contributed by atoms with E-state index in [-0.39, 0.29) is 22.6 Å². The summed E-state index contributed by atoms with van der Waals surface area (Å²) in [5.74, 6) is -0.0791. The fourth-order valence-corrected chi connectivity index (χ4v) is 4.29. The Kier molecular flexibility index (Phi) is 5.73. The van der Waals surface area contributed by atoms with Crippen LogP contribution in [0.25, 0.3) is 5.57 Å². The molecular weight excluding hydrogens is 427 g/mol. The average Bonchev–Trinajstić information content (AvgIpc) is 3.35. The molecule has 2 amide bonds. The molecule has 0 radical (unpaired) electrons. The summed E-state index contributed by atoms with van der Waals surface area (Å²) in [4.78, 5) is 27.5. The van der Waals surface area contributed by atoms with Gasteiger partial charge < -0.3 is 4.42 Å². The molecule has 1 aliphatic heterocycles. The highest BCUT2D eigenvalue weighted by Gasteiger charge is 2.39. The van der Waals surface area contributed by atoms with E-state index in [0.29, 0.717) is 17.1 Å². The fourth-order valence-electron chi connectivity index (χ4n) is 3.26. The molecule has 31 heavy (non-hydrogen) atoms. The van der Waals surface area contributed by atoms with E-state index in [4.69, 9.17) is 4.42 Å². The standard InChI is InChI=1S/C23H16F3NO3S/c24-23(25,26)17-9-4-6-15(12-17)13-27-21(28)19(16-7-2-1-3-8-16)20(22(27)29)31-14-18-10-5-11-30-18/h1-12H,13-14H2. The first-order chi connectivity index (χ1) is 14.8. The first-order valence-electron chi connectivity index (χ1n) is 9.32. The van der Waals surface area contributed by atoms with Crippen LogP contribution >= 0.6 is 11.8 Å². The van der Waals surface area contributed by atoms with Gasteiger partial charge in [-0.2, -0.15) is 13.2 Å². The molecule has 0 unspecified atom stereocenters. The van der Waals surface area contributed by atoms with Gasteiger partial charge in [-0.25, -0.2) is 0 Å². The third kappa shape index (κ3) is 4.44. The lowest BCUT2D eigenvalue weighted by molar-refractivity contribution is -0.137. The van der Waals surface area contributed by atoms with Gasteiger partial charge in [-0.15, -0.1) is 11.8 Å². The number of alkyl halides is 3. The Bertz CT molecular complexity index is 1140. The number of hydrogen-bond acceptors (Lipinski definition) is 4. The summed E-state index contributed by atoms with van der Waals surface area (Å²) >= 11 is 1.17. The van der Waals surface area contributed by atoms with Gasteiger partial charge in [0.05, 0.1) is 34.6 Å². The molecule has 0 saturated heterocycles. The fraction of sp³-hybridized carbons (Fsp3) is 0.130. The maximum absolute atomic E-state index is 13.2. The van der Waals surface area contributed by atoms with E-state index in [0.717, 1.165) is 17.0 Å². The van der Waals surface area contributed by atoms with Crippen molar-refractivity contribution in [3.63, 3.8) is 0 Å². The Morgan fingerprint density at radius 2 is 1.68 bits per heavy atom. The minimum atomic E-state index is -4.51. The number of thioether (sulfide) groups is 1. The quantitative estimate of drug-likeness (QED) is 0.472. The monoisotopic (exact) mass is 443 g/mol. The van der Waals surface area contributed by atoms with Crippen LogP contribution in [0.15, 0.2) is 82.3 Å². The maximum Gasteiger partial charge on any atom is 0.416 e. The number of hydrogen-bond donors (Lipinski definition) is 0. The van der Waals surface area contributed by atoms with Gasteiger partial charge in [0.2, 0.25) is 0 Å².